The van der Waals surface area contributed by atoms with Gasteiger partial charge in [0.25, 0.3) is 0 Å². The van der Waals surface area contributed by atoms with Crippen LogP contribution in [0.5, 0.6) is 0 Å². The van der Waals surface area contributed by atoms with Gasteiger partial charge in [-0.2, -0.15) is 0 Å². The molecule has 3 nitrogen and oxygen atoms in total. The summed E-state index contributed by atoms with van der Waals surface area (Å²) < 4.78 is 5.27. The first-order chi connectivity index (χ1) is 6.24. The molecule has 1 unspecified atom stereocenters. The standard InChI is InChI=1S/C10H19NO2/c1-3-10(12)11-8(2)9-4-6-13-7-5-9/h8-9H,3-7H2,1-2H3,(H,11,12). The summed E-state index contributed by atoms with van der Waals surface area (Å²) in [7, 11) is 0. The Kier molecular flexibility index (Phi) is 4.22. The number of carbonyl (C=O) groups excluding carboxylic acids is 1. The second-order valence-corrected chi connectivity index (χ2v) is 3.66. The second kappa shape index (κ2) is 5.22. The van der Waals surface area contributed by atoms with Gasteiger partial charge in [0, 0.05) is 25.7 Å². The Morgan fingerprint density at radius 1 is 1.54 bits per heavy atom. The predicted octanol–water partition coefficient (Wildman–Crippen LogP) is 1.33. The normalized spacial score (nSPS) is 21.1. The smallest absolute Gasteiger partial charge is 0.219 e. The van der Waals surface area contributed by atoms with Crippen LogP contribution in [0.15, 0.2) is 0 Å². The minimum absolute atomic E-state index is 0.152. The fourth-order valence-corrected chi connectivity index (χ4v) is 1.69. The quantitative estimate of drug-likeness (QED) is 0.720. The summed E-state index contributed by atoms with van der Waals surface area (Å²) in [6.45, 7) is 5.66. The highest BCUT2D eigenvalue weighted by Crippen LogP contribution is 2.18. The van der Waals surface area contributed by atoms with Gasteiger partial charge in [0.1, 0.15) is 0 Å². The molecule has 1 heterocycles. The van der Waals surface area contributed by atoms with E-state index in [1.165, 1.54) is 0 Å². The molecule has 0 bridgehead atoms. The molecule has 1 amide bonds. The number of carbonyl (C=O) groups is 1. The highest BCUT2D eigenvalue weighted by molar-refractivity contribution is 5.75. The van der Waals surface area contributed by atoms with Crippen molar-refractivity contribution in [1.82, 2.24) is 5.32 Å². The summed E-state index contributed by atoms with van der Waals surface area (Å²) in [6.07, 6.45) is 2.73. The minimum Gasteiger partial charge on any atom is -0.381 e. The first-order valence-corrected chi connectivity index (χ1v) is 5.11. The lowest BCUT2D eigenvalue weighted by molar-refractivity contribution is -0.122. The van der Waals surface area contributed by atoms with Gasteiger partial charge in [-0.1, -0.05) is 6.92 Å². The molecule has 0 aromatic heterocycles. The number of nitrogens with one attached hydrogen (secondary N) is 1. The van der Waals surface area contributed by atoms with Crippen LogP contribution in [0.4, 0.5) is 0 Å². The third-order valence-electron chi connectivity index (χ3n) is 2.68. The highest BCUT2D eigenvalue weighted by Gasteiger charge is 2.20. The van der Waals surface area contributed by atoms with Crippen molar-refractivity contribution in [3.05, 3.63) is 0 Å². The topological polar surface area (TPSA) is 38.3 Å². The highest BCUT2D eigenvalue weighted by atomic mass is 16.5. The van der Waals surface area contributed by atoms with Crippen molar-refractivity contribution >= 4 is 5.91 Å². The fourth-order valence-electron chi connectivity index (χ4n) is 1.69. The Balaban J connectivity index is 2.28. The Morgan fingerprint density at radius 2 is 2.15 bits per heavy atom. The maximum Gasteiger partial charge on any atom is 0.219 e. The largest absolute Gasteiger partial charge is 0.381 e. The maximum atomic E-state index is 11.1. The maximum absolute atomic E-state index is 11.1. The van der Waals surface area contributed by atoms with Crippen LogP contribution >= 0.6 is 0 Å². The average Bonchev–Trinajstić information content (AvgIpc) is 2.19. The molecule has 1 rings (SSSR count). The van der Waals surface area contributed by atoms with Crippen molar-refractivity contribution in [2.45, 2.75) is 39.2 Å². The first kappa shape index (κ1) is 10.5. The van der Waals surface area contributed by atoms with Crippen LogP contribution in [0.2, 0.25) is 0 Å². The zero-order valence-electron chi connectivity index (χ0n) is 8.51. The minimum atomic E-state index is 0.152. The van der Waals surface area contributed by atoms with Crippen LogP contribution in [0.1, 0.15) is 33.1 Å². The van der Waals surface area contributed by atoms with E-state index in [0.29, 0.717) is 18.4 Å². The lowest BCUT2D eigenvalue weighted by atomic mass is 9.93. The molecule has 1 fully saturated rings. The lowest BCUT2D eigenvalue weighted by Gasteiger charge is -2.28. The Labute approximate surface area is 79.8 Å². The predicted molar refractivity (Wildman–Crippen MR) is 51.4 cm³/mol. The molecule has 0 aliphatic carbocycles. The van der Waals surface area contributed by atoms with Crippen LogP contribution in [-0.2, 0) is 9.53 Å². The molecule has 1 atom stereocenters. The van der Waals surface area contributed by atoms with E-state index in [2.05, 4.69) is 12.2 Å². The van der Waals surface area contributed by atoms with E-state index in [9.17, 15) is 4.79 Å². The fraction of sp³-hybridized carbons (Fsp3) is 0.900. The van der Waals surface area contributed by atoms with Crippen LogP contribution in [0.25, 0.3) is 0 Å². The van der Waals surface area contributed by atoms with Crippen LogP contribution < -0.4 is 5.32 Å². The zero-order chi connectivity index (χ0) is 9.68. The Bertz CT molecular complexity index is 164. The summed E-state index contributed by atoms with van der Waals surface area (Å²) >= 11 is 0. The summed E-state index contributed by atoms with van der Waals surface area (Å²) in [5.74, 6) is 0.753. The van der Waals surface area contributed by atoms with Gasteiger partial charge >= 0.3 is 0 Å². The van der Waals surface area contributed by atoms with Crippen LogP contribution in [-0.4, -0.2) is 25.2 Å². The number of hydrogen-bond donors (Lipinski definition) is 1. The van der Waals surface area contributed by atoms with E-state index in [1.54, 1.807) is 0 Å². The lowest BCUT2D eigenvalue weighted by Crippen LogP contribution is -2.39. The molecule has 0 spiro atoms. The van der Waals surface area contributed by atoms with Gasteiger partial charge in [0.15, 0.2) is 0 Å². The molecular formula is C10H19NO2. The average molecular weight is 185 g/mol. The van der Waals surface area contributed by atoms with Gasteiger partial charge < -0.3 is 10.1 Å². The van der Waals surface area contributed by atoms with E-state index in [1.807, 2.05) is 6.92 Å². The van der Waals surface area contributed by atoms with E-state index in [0.717, 1.165) is 26.1 Å². The number of rotatable bonds is 3. The number of hydrogen-bond acceptors (Lipinski definition) is 2. The molecule has 13 heavy (non-hydrogen) atoms. The Hall–Kier alpha value is -0.570. The van der Waals surface area contributed by atoms with Crippen molar-refractivity contribution in [3.8, 4) is 0 Å². The third kappa shape index (κ3) is 3.35. The van der Waals surface area contributed by atoms with Gasteiger partial charge in [-0.05, 0) is 25.7 Å². The van der Waals surface area contributed by atoms with Gasteiger partial charge in [-0.3, -0.25) is 4.79 Å². The summed E-state index contributed by atoms with van der Waals surface area (Å²) in [4.78, 5) is 11.1. The molecule has 0 aromatic rings. The third-order valence-corrected chi connectivity index (χ3v) is 2.68. The monoisotopic (exact) mass is 185 g/mol. The van der Waals surface area contributed by atoms with Crippen LogP contribution in [0, 0.1) is 5.92 Å². The SMILES string of the molecule is CCC(=O)NC(C)C1CCOCC1. The van der Waals surface area contributed by atoms with E-state index in [4.69, 9.17) is 4.74 Å². The summed E-state index contributed by atoms with van der Waals surface area (Å²) in [5.41, 5.74) is 0. The van der Waals surface area contributed by atoms with Gasteiger partial charge in [-0.15, -0.1) is 0 Å². The Morgan fingerprint density at radius 3 is 2.69 bits per heavy atom. The molecular weight excluding hydrogens is 166 g/mol. The van der Waals surface area contributed by atoms with Crippen molar-refractivity contribution in [2.24, 2.45) is 5.92 Å². The van der Waals surface area contributed by atoms with Gasteiger partial charge in [0.05, 0.1) is 0 Å². The number of ether oxygens (including phenoxy) is 1. The second-order valence-electron chi connectivity index (χ2n) is 3.66. The molecule has 1 saturated heterocycles. The van der Waals surface area contributed by atoms with Crippen molar-refractivity contribution in [2.75, 3.05) is 13.2 Å². The van der Waals surface area contributed by atoms with Crippen LogP contribution in [0.3, 0.4) is 0 Å². The van der Waals surface area contributed by atoms with Crippen molar-refractivity contribution < 1.29 is 9.53 Å². The molecule has 0 radical (unpaired) electrons. The molecule has 0 aromatic carbocycles. The molecule has 1 aliphatic rings. The zero-order valence-corrected chi connectivity index (χ0v) is 8.51. The summed E-state index contributed by atoms with van der Waals surface area (Å²) in [6, 6.07) is 0.302. The van der Waals surface area contributed by atoms with Crippen molar-refractivity contribution in [3.63, 3.8) is 0 Å². The van der Waals surface area contributed by atoms with Gasteiger partial charge in [0.2, 0.25) is 5.91 Å². The molecule has 3 heteroatoms. The van der Waals surface area contributed by atoms with E-state index >= 15 is 0 Å². The molecule has 1 N–H and O–H groups in total. The molecule has 0 saturated carbocycles. The number of amides is 1. The van der Waals surface area contributed by atoms with Crippen molar-refractivity contribution in [1.29, 1.82) is 0 Å². The van der Waals surface area contributed by atoms with E-state index < -0.39 is 0 Å². The first-order valence-electron chi connectivity index (χ1n) is 5.11. The van der Waals surface area contributed by atoms with E-state index in [-0.39, 0.29) is 5.91 Å². The summed E-state index contributed by atoms with van der Waals surface area (Å²) in [5, 5.41) is 3.00. The van der Waals surface area contributed by atoms with Gasteiger partial charge in [-0.25, -0.2) is 0 Å². The molecule has 1 aliphatic heterocycles. The molecule has 76 valence electrons.